The van der Waals surface area contributed by atoms with Gasteiger partial charge in [-0.15, -0.1) is 0 Å². The number of carbonyl (C=O) groups is 3. The molecule has 0 fully saturated rings. The van der Waals surface area contributed by atoms with E-state index < -0.39 is 11.9 Å². The first-order chi connectivity index (χ1) is 13.5. The minimum absolute atomic E-state index is 0.00410. The molecule has 2 aromatic rings. The van der Waals surface area contributed by atoms with E-state index in [1.165, 1.54) is 0 Å². The first-order valence-electron chi connectivity index (χ1n) is 8.50. The van der Waals surface area contributed by atoms with E-state index in [2.05, 4.69) is 34.9 Å². The second kappa shape index (κ2) is 13.0. The largest absolute Gasteiger partial charge is 0.473 e. The number of methoxy groups -OCH3 is 1. The summed E-state index contributed by atoms with van der Waals surface area (Å²) in [6.07, 6.45) is 0. The Balaban J connectivity index is 0.000000568. The van der Waals surface area contributed by atoms with E-state index >= 15 is 0 Å². The Hall–Kier alpha value is -3.23. The van der Waals surface area contributed by atoms with E-state index in [4.69, 9.17) is 24.5 Å². The highest BCUT2D eigenvalue weighted by molar-refractivity contribution is 6.27. The van der Waals surface area contributed by atoms with Crippen LogP contribution in [0.2, 0.25) is 0 Å². The maximum Gasteiger partial charge on any atom is 0.414 e. The van der Waals surface area contributed by atoms with Gasteiger partial charge < -0.3 is 20.3 Å². The van der Waals surface area contributed by atoms with Crippen LogP contribution in [-0.2, 0) is 19.1 Å². The van der Waals surface area contributed by atoms with E-state index in [1.54, 1.807) is 7.11 Å². The second-order valence-corrected chi connectivity index (χ2v) is 5.59. The fraction of sp³-hybridized carbons (Fsp3) is 0.250. The molecule has 150 valence electrons. The van der Waals surface area contributed by atoms with Crippen molar-refractivity contribution < 1.29 is 29.3 Å². The highest BCUT2D eigenvalue weighted by Crippen LogP contribution is 2.21. The Kier molecular flexibility index (Phi) is 10.6. The molecule has 8 heteroatoms. The van der Waals surface area contributed by atoms with E-state index in [9.17, 15) is 4.79 Å². The number of amides is 1. The molecule has 8 nitrogen and oxygen atoms in total. The monoisotopic (exact) mass is 388 g/mol. The zero-order valence-corrected chi connectivity index (χ0v) is 15.5. The predicted molar refractivity (Wildman–Crippen MR) is 103 cm³/mol. The number of carbonyl (C=O) groups excluding carboxylic acids is 1. The number of carboxylic acids is 2. The summed E-state index contributed by atoms with van der Waals surface area (Å²) in [5.41, 5.74) is 2.27. The van der Waals surface area contributed by atoms with Crippen LogP contribution in [0.5, 0.6) is 0 Å². The molecule has 2 aromatic carbocycles. The second-order valence-electron chi connectivity index (χ2n) is 5.59. The number of aliphatic carboxylic acids is 2. The number of ether oxygens (including phenoxy) is 1. The van der Waals surface area contributed by atoms with Crippen molar-refractivity contribution in [1.82, 2.24) is 10.6 Å². The highest BCUT2D eigenvalue weighted by atomic mass is 16.5. The van der Waals surface area contributed by atoms with Gasteiger partial charge in [0.1, 0.15) is 0 Å². The smallest absolute Gasteiger partial charge is 0.414 e. The van der Waals surface area contributed by atoms with Gasteiger partial charge in [0.05, 0.1) is 19.2 Å². The molecule has 4 N–H and O–H groups in total. The van der Waals surface area contributed by atoms with Gasteiger partial charge in [-0.2, -0.15) is 0 Å². The van der Waals surface area contributed by atoms with Gasteiger partial charge in [-0.25, -0.2) is 9.59 Å². The molecule has 0 atom stereocenters. The summed E-state index contributed by atoms with van der Waals surface area (Å²) in [5, 5.41) is 20.9. The third kappa shape index (κ3) is 8.93. The fourth-order valence-electron chi connectivity index (χ4n) is 2.27. The van der Waals surface area contributed by atoms with Crippen molar-refractivity contribution in [2.75, 3.05) is 26.8 Å². The first-order valence-corrected chi connectivity index (χ1v) is 8.50. The summed E-state index contributed by atoms with van der Waals surface area (Å²) < 4.78 is 4.92. The van der Waals surface area contributed by atoms with Crippen molar-refractivity contribution >= 4 is 17.8 Å². The summed E-state index contributed by atoms with van der Waals surface area (Å²) in [5.74, 6) is -3.68. The Bertz CT molecular complexity index is 685. The molecule has 0 aromatic heterocycles. The van der Waals surface area contributed by atoms with Gasteiger partial charge in [0.2, 0.25) is 5.91 Å². The topological polar surface area (TPSA) is 125 Å². The summed E-state index contributed by atoms with van der Waals surface area (Å²) in [4.78, 5) is 30.1. The zero-order chi connectivity index (χ0) is 20.8. The van der Waals surface area contributed by atoms with Gasteiger partial charge in [0.25, 0.3) is 0 Å². The normalized spacial score (nSPS) is 9.93. The molecule has 0 saturated carbocycles. The Labute approximate surface area is 163 Å². The van der Waals surface area contributed by atoms with Crippen LogP contribution in [0.4, 0.5) is 0 Å². The molecular formula is C20H24N2O6. The molecule has 0 radical (unpaired) electrons. The predicted octanol–water partition coefficient (Wildman–Crippen LogP) is 1.28. The van der Waals surface area contributed by atoms with Crippen LogP contribution in [0.15, 0.2) is 60.7 Å². The number of benzene rings is 2. The van der Waals surface area contributed by atoms with Crippen LogP contribution in [0.25, 0.3) is 0 Å². The molecule has 2 rings (SSSR count). The lowest BCUT2D eigenvalue weighted by atomic mass is 9.99. The molecule has 0 unspecified atom stereocenters. The van der Waals surface area contributed by atoms with Crippen molar-refractivity contribution in [3.8, 4) is 0 Å². The minimum Gasteiger partial charge on any atom is -0.473 e. The average molecular weight is 388 g/mol. The SMILES string of the molecule is COCCNC(=O)CNC(c1ccccc1)c1ccccc1.O=C(O)C(=O)O. The molecule has 0 heterocycles. The van der Waals surface area contributed by atoms with Gasteiger partial charge in [0.15, 0.2) is 0 Å². The maximum absolute atomic E-state index is 11.9. The van der Waals surface area contributed by atoms with Crippen LogP contribution in [-0.4, -0.2) is 54.9 Å². The van der Waals surface area contributed by atoms with Crippen molar-refractivity contribution in [1.29, 1.82) is 0 Å². The Morgan fingerprint density at radius 2 is 1.36 bits per heavy atom. The van der Waals surface area contributed by atoms with Crippen molar-refractivity contribution in [3.05, 3.63) is 71.8 Å². The third-order valence-corrected chi connectivity index (χ3v) is 3.54. The molecule has 1 amide bonds. The number of nitrogens with one attached hydrogen (secondary N) is 2. The van der Waals surface area contributed by atoms with E-state index in [0.29, 0.717) is 13.2 Å². The van der Waals surface area contributed by atoms with E-state index in [-0.39, 0.29) is 18.5 Å². The van der Waals surface area contributed by atoms with Gasteiger partial charge in [-0.05, 0) is 11.1 Å². The van der Waals surface area contributed by atoms with Crippen molar-refractivity contribution in [2.45, 2.75) is 6.04 Å². The van der Waals surface area contributed by atoms with Crippen LogP contribution in [0.3, 0.4) is 0 Å². The molecule has 0 bridgehead atoms. The molecule has 0 aliphatic carbocycles. The first kappa shape index (κ1) is 22.8. The number of rotatable bonds is 8. The molecule has 0 saturated heterocycles. The van der Waals surface area contributed by atoms with E-state index in [0.717, 1.165) is 11.1 Å². The van der Waals surface area contributed by atoms with E-state index in [1.807, 2.05) is 36.4 Å². The van der Waals surface area contributed by atoms with Crippen LogP contribution >= 0.6 is 0 Å². The lowest BCUT2D eigenvalue weighted by molar-refractivity contribution is -0.159. The third-order valence-electron chi connectivity index (χ3n) is 3.54. The minimum atomic E-state index is -1.82. The number of carboxylic acid groups (broad SMARTS) is 2. The Morgan fingerprint density at radius 3 is 1.75 bits per heavy atom. The fourth-order valence-corrected chi connectivity index (χ4v) is 2.27. The van der Waals surface area contributed by atoms with Gasteiger partial charge in [0, 0.05) is 13.7 Å². The molecule has 0 aliphatic heterocycles. The van der Waals surface area contributed by atoms with Crippen molar-refractivity contribution in [3.63, 3.8) is 0 Å². The van der Waals surface area contributed by atoms with Gasteiger partial charge >= 0.3 is 11.9 Å². The van der Waals surface area contributed by atoms with Gasteiger partial charge in [-0.1, -0.05) is 60.7 Å². The maximum atomic E-state index is 11.9. The summed E-state index contributed by atoms with van der Waals surface area (Å²) >= 11 is 0. The summed E-state index contributed by atoms with van der Waals surface area (Å²) in [7, 11) is 1.62. The molecule has 0 spiro atoms. The number of hydrogen-bond acceptors (Lipinski definition) is 5. The van der Waals surface area contributed by atoms with Gasteiger partial charge in [-0.3, -0.25) is 10.1 Å². The number of hydrogen-bond donors (Lipinski definition) is 4. The average Bonchev–Trinajstić information content (AvgIpc) is 2.70. The lowest BCUT2D eigenvalue weighted by Crippen LogP contribution is -2.37. The molecular weight excluding hydrogens is 364 g/mol. The summed E-state index contributed by atoms with van der Waals surface area (Å²) in [6, 6.07) is 20.2. The standard InChI is InChI=1S/C18H22N2O2.C2H2O4/c1-22-13-12-19-17(21)14-20-18(15-8-4-2-5-9-15)16-10-6-3-7-11-16;3-1(4)2(5)6/h2-11,18,20H,12-14H2,1H3,(H,19,21);(H,3,4)(H,5,6). The van der Waals surface area contributed by atoms with Crippen LogP contribution in [0, 0.1) is 0 Å². The van der Waals surface area contributed by atoms with Crippen LogP contribution in [0.1, 0.15) is 17.2 Å². The molecule has 28 heavy (non-hydrogen) atoms. The molecule has 0 aliphatic rings. The lowest BCUT2D eigenvalue weighted by Gasteiger charge is -2.19. The Morgan fingerprint density at radius 1 is 0.893 bits per heavy atom. The quantitative estimate of drug-likeness (QED) is 0.397. The van der Waals surface area contributed by atoms with Crippen molar-refractivity contribution in [2.24, 2.45) is 0 Å². The highest BCUT2D eigenvalue weighted by Gasteiger charge is 2.14. The summed E-state index contributed by atoms with van der Waals surface area (Å²) in [6.45, 7) is 1.31. The van der Waals surface area contributed by atoms with Crippen LogP contribution < -0.4 is 10.6 Å². The zero-order valence-electron chi connectivity index (χ0n) is 15.5.